The number of fused-ring (bicyclic) bond motifs is 1. The van der Waals surface area contributed by atoms with Gasteiger partial charge < -0.3 is 10.1 Å². The molecule has 0 saturated heterocycles. The van der Waals surface area contributed by atoms with Crippen LogP contribution in [0.2, 0.25) is 0 Å². The Labute approximate surface area is 133 Å². The van der Waals surface area contributed by atoms with Crippen LogP contribution in [-0.2, 0) is 10.0 Å². The third-order valence-corrected chi connectivity index (χ3v) is 4.84. The lowest BCUT2D eigenvalue weighted by atomic mass is 10.1. The zero-order valence-electron chi connectivity index (χ0n) is 12.4. The van der Waals surface area contributed by atoms with Crippen molar-refractivity contribution >= 4 is 21.1 Å². The second-order valence-corrected chi connectivity index (χ2v) is 6.84. The van der Waals surface area contributed by atoms with Gasteiger partial charge in [-0.05, 0) is 31.2 Å². The van der Waals surface area contributed by atoms with Crippen molar-refractivity contribution in [3.05, 3.63) is 42.4 Å². The molecular formula is C15H16N4O3S. The first-order chi connectivity index (χ1) is 11.0. The maximum absolute atomic E-state index is 12.0. The molecule has 0 saturated carbocycles. The van der Waals surface area contributed by atoms with Crippen LogP contribution >= 0.6 is 0 Å². The fourth-order valence-corrected chi connectivity index (χ4v) is 3.31. The summed E-state index contributed by atoms with van der Waals surface area (Å²) in [4.78, 5) is 11.7. The van der Waals surface area contributed by atoms with E-state index in [0.29, 0.717) is 5.69 Å². The van der Waals surface area contributed by atoms with E-state index in [1.807, 2.05) is 19.1 Å². The Morgan fingerprint density at radius 1 is 1.26 bits per heavy atom. The normalized spacial score (nSPS) is 11.9. The maximum atomic E-state index is 12.0. The number of aromatic nitrogens is 3. The summed E-state index contributed by atoms with van der Waals surface area (Å²) >= 11 is 0. The number of pyridine rings is 2. The minimum atomic E-state index is -3.65. The molecule has 3 aromatic heterocycles. The lowest BCUT2D eigenvalue weighted by Crippen LogP contribution is -2.26. The molecule has 0 unspecified atom stereocenters. The van der Waals surface area contributed by atoms with Gasteiger partial charge in [-0.2, -0.15) is 0 Å². The highest BCUT2D eigenvalue weighted by Gasteiger charge is 2.15. The molecule has 0 aliphatic carbocycles. The van der Waals surface area contributed by atoms with Gasteiger partial charge in [0, 0.05) is 35.6 Å². The van der Waals surface area contributed by atoms with Crippen LogP contribution in [0, 0.1) is 6.92 Å². The molecule has 0 fully saturated rings. The smallest absolute Gasteiger partial charge is 0.242 e. The first kappa shape index (κ1) is 15.6. The average molecular weight is 332 g/mol. The van der Waals surface area contributed by atoms with Crippen LogP contribution in [0.15, 0.2) is 41.6 Å². The quantitative estimate of drug-likeness (QED) is 0.651. The zero-order valence-corrected chi connectivity index (χ0v) is 13.3. The Bertz CT molecular complexity index is 933. The number of sulfonamides is 1. The summed E-state index contributed by atoms with van der Waals surface area (Å²) in [7, 11) is -3.65. The first-order valence-corrected chi connectivity index (χ1v) is 8.51. The van der Waals surface area contributed by atoms with Crippen molar-refractivity contribution in [3.63, 3.8) is 0 Å². The average Bonchev–Trinajstić information content (AvgIpc) is 2.93. The van der Waals surface area contributed by atoms with Crippen LogP contribution < -0.4 is 4.72 Å². The second kappa shape index (κ2) is 6.07. The molecular weight excluding hydrogens is 316 g/mol. The van der Waals surface area contributed by atoms with E-state index in [0.717, 1.165) is 22.3 Å². The van der Waals surface area contributed by atoms with Crippen molar-refractivity contribution in [2.75, 3.05) is 13.2 Å². The maximum Gasteiger partial charge on any atom is 0.242 e. The molecule has 120 valence electrons. The van der Waals surface area contributed by atoms with Crippen LogP contribution in [-0.4, -0.2) is 41.6 Å². The van der Waals surface area contributed by atoms with Gasteiger partial charge in [0.25, 0.3) is 0 Å². The van der Waals surface area contributed by atoms with E-state index in [-0.39, 0.29) is 18.0 Å². The largest absolute Gasteiger partial charge is 0.395 e. The summed E-state index contributed by atoms with van der Waals surface area (Å²) in [6.07, 6.45) is 2.99. The van der Waals surface area contributed by atoms with Gasteiger partial charge in [-0.25, -0.2) is 18.1 Å². The predicted octanol–water partition coefficient (Wildman–Crippen LogP) is 1.20. The van der Waals surface area contributed by atoms with E-state index < -0.39 is 10.0 Å². The molecule has 0 spiro atoms. The van der Waals surface area contributed by atoms with Gasteiger partial charge in [0.1, 0.15) is 10.5 Å². The number of H-pyrrole nitrogens is 1. The number of hydrogen-bond acceptors (Lipinski definition) is 5. The molecule has 0 bridgehead atoms. The van der Waals surface area contributed by atoms with Gasteiger partial charge in [-0.1, -0.05) is 0 Å². The molecule has 0 aliphatic heterocycles. The number of aryl methyl sites for hydroxylation is 1. The van der Waals surface area contributed by atoms with Gasteiger partial charge in [-0.3, -0.25) is 4.98 Å². The summed E-state index contributed by atoms with van der Waals surface area (Å²) in [5, 5.41) is 9.66. The Hall–Kier alpha value is -2.29. The van der Waals surface area contributed by atoms with E-state index in [1.165, 1.54) is 12.3 Å². The van der Waals surface area contributed by atoms with E-state index in [4.69, 9.17) is 5.11 Å². The van der Waals surface area contributed by atoms with Crippen molar-refractivity contribution in [2.45, 2.75) is 11.8 Å². The zero-order chi connectivity index (χ0) is 16.4. The summed E-state index contributed by atoms with van der Waals surface area (Å²) in [6.45, 7) is 1.66. The molecule has 0 radical (unpaired) electrons. The molecule has 7 nitrogen and oxygen atoms in total. The van der Waals surface area contributed by atoms with Gasteiger partial charge in [0.2, 0.25) is 10.0 Å². The molecule has 8 heteroatoms. The number of aliphatic hydroxyl groups excluding tert-OH is 1. The molecule has 3 aromatic rings. The highest BCUT2D eigenvalue weighted by molar-refractivity contribution is 7.89. The number of aliphatic hydroxyl groups is 1. The Balaban J connectivity index is 1.99. The van der Waals surface area contributed by atoms with Gasteiger partial charge >= 0.3 is 0 Å². The molecule has 23 heavy (non-hydrogen) atoms. The Morgan fingerprint density at radius 2 is 2.09 bits per heavy atom. The predicted molar refractivity (Wildman–Crippen MR) is 86.3 cm³/mol. The minimum absolute atomic E-state index is 0.0301. The fourth-order valence-electron chi connectivity index (χ4n) is 2.34. The molecule has 0 atom stereocenters. The summed E-state index contributed by atoms with van der Waals surface area (Å²) < 4.78 is 26.2. The summed E-state index contributed by atoms with van der Waals surface area (Å²) in [6, 6.07) is 6.97. The SMILES string of the molecule is Cc1cc2c(-c3ccc(S(=O)(=O)NCCO)cn3)ccnc2[nH]1. The van der Waals surface area contributed by atoms with Crippen LogP contribution in [0.4, 0.5) is 0 Å². The van der Waals surface area contributed by atoms with E-state index in [1.54, 1.807) is 12.3 Å². The van der Waals surface area contributed by atoms with E-state index in [9.17, 15) is 8.42 Å². The molecule has 3 N–H and O–H groups in total. The van der Waals surface area contributed by atoms with Crippen LogP contribution in [0.3, 0.4) is 0 Å². The van der Waals surface area contributed by atoms with Crippen molar-refractivity contribution in [2.24, 2.45) is 0 Å². The minimum Gasteiger partial charge on any atom is -0.395 e. The number of rotatable bonds is 5. The number of hydrogen-bond donors (Lipinski definition) is 3. The van der Waals surface area contributed by atoms with Gasteiger partial charge in [0.15, 0.2) is 0 Å². The van der Waals surface area contributed by atoms with Crippen molar-refractivity contribution in [1.29, 1.82) is 0 Å². The Morgan fingerprint density at radius 3 is 2.78 bits per heavy atom. The third kappa shape index (κ3) is 3.09. The van der Waals surface area contributed by atoms with Crippen LogP contribution in [0.1, 0.15) is 5.69 Å². The summed E-state index contributed by atoms with van der Waals surface area (Å²) in [5.41, 5.74) is 3.31. The molecule has 3 rings (SSSR count). The lowest BCUT2D eigenvalue weighted by molar-refractivity contribution is 0.301. The topological polar surface area (TPSA) is 108 Å². The van der Waals surface area contributed by atoms with E-state index >= 15 is 0 Å². The lowest BCUT2D eigenvalue weighted by Gasteiger charge is -2.06. The second-order valence-electron chi connectivity index (χ2n) is 5.07. The molecule has 0 aliphatic rings. The Kier molecular flexibility index (Phi) is 4.12. The highest BCUT2D eigenvalue weighted by Crippen LogP contribution is 2.26. The highest BCUT2D eigenvalue weighted by atomic mass is 32.2. The third-order valence-electron chi connectivity index (χ3n) is 3.39. The number of nitrogens with one attached hydrogen (secondary N) is 2. The number of aromatic amines is 1. The molecule has 0 aromatic carbocycles. The summed E-state index contributed by atoms with van der Waals surface area (Å²) in [5.74, 6) is 0. The monoisotopic (exact) mass is 332 g/mol. The van der Waals surface area contributed by atoms with Crippen molar-refractivity contribution < 1.29 is 13.5 Å². The van der Waals surface area contributed by atoms with Crippen LogP contribution in [0.25, 0.3) is 22.3 Å². The van der Waals surface area contributed by atoms with E-state index in [2.05, 4.69) is 19.7 Å². The van der Waals surface area contributed by atoms with Gasteiger partial charge in [-0.15, -0.1) is 0 Å². The molecule has 0 amide bonds. The van der Waals surface area contributed by atoms with Gasteiger partial charge in [0.05, 0.1) is 12.3 Å². The first-order valence-electron chi connectivity index (χ1n) is 7.02. The van der Waals surface area contributed by atoms with Crippen molar-refractivity contribution in [3.8, 4) is 11.3 Å². The van der Waals surface area contributed by atoms with Crippen LogP contribution in [0.5, 0.6) is 0 Å². The van der Waals surface area contributed by atoms with Crippen molar-refractivity contribution in [1.82, 2.24) is 19.7 Å². The number of nitrogens with zero attached hydrogens (tertiary/aromatic N) is 2. The standard InChI is InChI=1S/C15H16N4O3S/c1-10-8-13-12(4-5-16-15(13)19-10)14-3-2-11(9-17-14)23(21,22)18-6-7-20/h2-5,8-9,18,20H,6-7H2,1H3,(H,16,19). The molecule has 3 heterocycles. The fraction of sp³-hybridized carbons (Fsp3) is 0.200.